The Morgan fingerprint density at radius 3 is 2.38 bits per heavy atom. The van der Waals surface area contributed by atoms with Crippen LogP contribution in [0.4, 0.5) is 11.4 Å². The number of rotatable bonds is 6. The Hall–Kier alpha value is -3.55. The van der Waals surface area contributed by atoms with E-state index in [0.717, 1.165) is 0 Å². The highest BCUT2D eigenvalue weighted by Crippen LogP contribution is 2.15. The van der Waals surface area contributed by atoms with Crippen molar-refractivity contribution in [1.29, 1.82) is 0 Å². The maximum Gasteiger partial charge on any atom is 0.278 e. The zero-order valence-corrected chi connectivity index (χ0v) is 14.3. The van der Waals surface area contributed by atoms with Crippen LogP contribution in [0.15, 0.2) is 53.6 Å². The minimum absolute atomic E-state index is 0.101. The summed E-state index contributed by atoms with van der Waals surface area (Å²) in [6, 6.07) is 12.4. The number of anilines is 1. The lowest BCUT2D eigenvalue weighted by molar-refractivity contribution is -0.385. The highest BCUT2D eigenvalue weighted by Gasteiger charge is 2.11. The van der Waals surface area contributed by atoms with Gasteiger partial charge in [0.1, 0.15) is 0 Å². The van der Waals surface area contributed by atoms with E-state index >= 15 is 0 Å². The van der Waals surface area contributed by atoms with Gasteiger partial charge in [0, 0.05) is 23.2 Å². The quantitative estimate of drug-likeness (QED) is 0.471. The normalized spacial score (nSPS) is 10.7. The summed E-state index contributed by atoms with van der Waals surface area (Å²) < 4.78 is 0. The Kier molecular flexibility index (Phi) is 6.15. The summed E-state index contributed by atoms with van der Waals surface area (Å²) >= 11 is 0. The van der Waals surface area contributed by atoms with E-state index in [1.165, 1.54) is 18.3 Å². The van der Waals surface area contributed by atoms with Crippen LogP contribution < -0.4 is 10.7 Å². The molecule has 0 aliphatic rings. The molecule has 0 aliphatic heterocycles. The fraction of sp³-hybridized carbons (Fsp3) is 0.167. The molecule has 0 saturated heterocycles. The summed E-state index contributed by atoms with van der Waals surface area (Å²) in [5, 5.41) is 17.4. The molecule has 0 unspecified atom stereocenters. The van der Waals surface area contributed by atoms with Crippen LogP contribution in [0, 0.1) is 16.0 Å². The maximum atomic E-state index is 12.0. The second-order valence-electron chi connectivity index (χ2n) is 5.74. The van der Waals surface area contributed by atoms with E-state index < -0.39 is 10.8 Å². The molecule has 0 spiro atoms. The molecule has 2 amide bonds. The van der Waals surface area contributed by atoms with Crippen molar-refractivity contribution in [3.05, 3.63) is 69.8 Å². The number of carbonyl (C=O) groups excluding carboxylic acids is 2. The third kappa shape index (κ3) is 4.97. The summed E-state index contributed by atoms with van der Waals surface area (Å²) in [5.74, 6) is -0.729. The molecular weight excluding hydrogens is 336 g/mol. The molecule has 0 radical (unpaired) electrons. The van der Waals surface area contributed by atoms with Gasteiger partial charge in [-0.25, -0.2) is 5.43 Å². The van der Waals surface area contributed by atoms with E-state index in [9.17, 15) is 19.7 Å². The molecule has 8 heteroatoms. The lowest BCUT2D eigenvalue weighted by Crippen LogP contribution is -2.19. The van der Waals surface area contributed by atoms with Crippen LogP contribution in [-0.4, -0.2) is 23.0 Å². The van der Waals surface area contributed by atoms with Crippen molar-refractivity contribution >= 4 is 29.4 Å². The predicted molar refractivity (Wildman–Crippen MR) is 98.1 cm³/mol. The highest BCUT2D eigenvalue weighted by molar-refractivity contribution is 5.96. The van der Waals surface area contributed by atoms with Crippen molar-refractivity contribution in [3.63, 3.8) is 0 Å². The second-order valence-corrected chi connectivity index (χ2v) is 5.74. The van der Waals surface area contributed by atoms with Crippen LogP contribution in [0.3, 0.4) is 0 Å². The minimum Gasteiger partial charge on any atom is -0.326 e. The lowest BCUT2D eigenvalue weighted by atomic mass is 10.1. The maximum absolute atomic E-state index is 12.0. The van der Waals surface area contributed by atoms with Gasteiger partial charge in [0.15, 0.2) is 0 Å². The van der Waals surface area contributed by atoms with Gasteiger partial charge >= 0.3 is 0 Å². The fourth-order valence-corrected chi connectivity index (χ4v) is 1.98. The van der Waals surface area contributed by atoms with Crippen LogP contribution in [0.1, 0.15) is 29.8 Å². The van der Waals surface area contributed by atoms with Crippen LogP contribution in [0.25, 0.3) is 0 Å². The number of para-hydroxylation sites is 1. The SMILES string of the molecule is CC(C)C(=O)Nc1ccc(C(=O)N/N=C/c2ccccc2[N+](=O)[O-])cc1. The summed E-state index contributed by atoms with van der Waals surface area (Å²) in [6.07, 6.45) is 1.22. The molecule has 2 aromatic rings. The van der Waals surface area contributed by atoms with E-state index in [1.807, 2.05) is 0 Å². The molecule has 0 aromatic heterocycles. The highest BCUT2D eigenvalue weighted by atomic mass is 16.6. The van der Waals surface area contributed by atoms with E-state index in [1.54, 1.807) is 50.2 Å². The van der Waals surface area contributed by atoms with Gasteiger partial charge in [0.2, 0.25) is 5.91 Å². The van der Waals surface area contributed by atoms with Gasteiger partial charge in [0.05, 0.1) is 16.7 Å². The first kappa shape index (κ1) is 18.8. The average Bonchev–Trinajstić information content (AvgIpc) is 2.62. The van der Waals surface area contributed by atoms with Crippen molar-refractivity contribution in [1.82, 2.24) is 5.43 Å². The topological polar surface area (TPSA) is 114 Å². The molecule has 0 bridgehead atoms. The molecule has 2 N–H and O–H groups in total. The van der Waals surface area contributed by atoms with Gasteiger partial charge in [-0.1, -0.05) is 26.0 Å². The van der Waals surface area contributed by atoms with Crippen molar-refractivity contribution in [2.24, 2.45) is 11.0 Å². The zero-order chi connectivity index (χ0) is 19.1. The number of benzene rings is 2. The molecule has 0 atom stereocenters. The molecule has 0 fully saturated rings. The summed E-state index contributed by atoms with van der Waals surface area (Å²) in [6.45, 7) is 3.57. The summed E-state index contributed by atoms with van der Waals surface area (Å²) in [4.78, 5) is 34.1. The number of amides is 2. The van der Waals surface area contributed by atoms with Crippen molar-refractivity contribution in [3.8, 4) is 0 Å². The molecule has 134 valence electrons. The number of nitro groups is 1. The number of nitrogens with zero attached hydrogens (tertiary/aromatic N) is 2. The third-order valence-corrected chi connectivity index (χ3v) is 3.44. The Morgan fingerprint density at radius 2 is 1.77 bits per heavy atom. The second kappa shape index (κ2) is 8.52. The number of hydrogen-bond acceptors (Lipinski definition) is 5. The molecule has 8 nitrogen and oxygen atoms in total. The summed E-state index contributed by atoms with van der Waals surface area (Å²) in [7, 11) is 0. The van der Waals surface area contributed by atoms with E-state index in [0.29, 0.717) is 11.3 Å². The van der Waals surface area contributed by atoms with Gasteiger partial charge in [-0.05, 0) is 30.3 Å². The standard InChI is InChI=1S/C18H18N4O4/c1-12(2)17(23)20-15-9-7-13(8-10-15)18(24)21-19-11-14-5-3-4-6-16(14)22(25)26/h3-12H,1-2H3,(H,20,23)(H,21,24)/b19-11+. The summed E-state index contributed by atoms with van der Waals surface area (Å²) in [5.41, 5.74) is 3.42. The van der Waals surface area contributed by atoms with Crippen LogP contribution >= 0.6 is 0 Å². The van der Waals surface area contributed by atoms with E-state index in [4.69, 9.17) is 0 Å². The van der Waals surface area contributed by atoms with Gasteiger partial charge in [0.25, 0.3) is 11.6 Å². The van der Waals surface area contributed by atoms with Gasteiger partial charge in [-0.15, -0.1) is 0 Å². The van der Waals surface area contributed by atoms with E-state index in [-0.39, 0.29) is 23.1 Å². The molecule has 0 aliphatic carbocycles. The van der Waals surface area contributed by atoms with Crippen LogP contribution in [-0.2, 0) is 4.79 Å². The number of hydrazone groups is 1. The number of carbonyl (C=O) groups is 2. The molecular formula is C18H18N4O4. The van der Waals surface area contributed by atoms with Gasteiger partial charge in [-0.3, -0.25) is 19.7 Å². The van der Waals surface area contributed by atoms with Crippen LogP contribution in [0.2, 0.25) is 0 Å². The molecule has 0 heterocycles. The van der Waals surface area contributed by atoms with E-state index in [2.05, 4.69) is 15.8 Å². The Labute approximate surface area is 150 Å². The fourth-order valence-electron chi connectivity index (χ4n) is 1.98. The molecule has 0 saturated carbocycles. The number of nitro benzene ring substituents is 1. The van der Waals surface area contributed by atoms with Crippen molar-refractivity contribution in [2.75, 3.05) is 5.32 Å². The minimum atomic E-state index is -0.520. The third-order valence-electron chi connectivity index (χ3n) is 3.44. The molecule has 2 rings (SSSR count). The lowest BCUT2D eigenvalue weighted by Gasteiger charge is -2.08. The average molecular weight is 354 g/mol. The van der Waals surface area contributed by atoms with Crippen molar-refractivity contribution < 1.29 is 14.5 Å². The first-order valence-electron chi connectivity index (χ1n) is 7.86. The Morgan fingerprint density at radius 1 is 1.12 bits per heavy atom. The number of hydrogen-bond donors (Lipinski definition) is 2. The smallest absolute Gasteiger partial charge is 0.278 e. The first-order chi connectivity index (χ1) is 12.4. The molecule has 26 heavy (non-hydrogen) atoms. The Bertz CT molecular complexity index is 845. The van der Waals surface area contributed by atoms with Gasteiger partial charge in [-0.2, -0.15) is 5.10 Å². The molecule has 2 aromatic carbocycles. The van der Waals surface area contributed by atoms with Crippen LogP contribution in [0.5, 0.6) is 0 Å². The zero-order valence-electron chi connectivity index (χ0n) is 14.3. The van der Waals surface area contributed by atoms with Crippen molar-refractivity contribution in [2.45, 2.75) is 13.8 Å². The van der Waals surface area contributed by atoms with Gasteiger partial charge < -0.3 is 5.32 Å². The first-order valence-corrected chi connectivity index (χ1v) is 7.86. The largest absolute Gasteiger partial charge is 0.326 e. The number of nitrogens with one attached hydrogen (secondary N) is 2. The monoisotopic (exact) mass is 354 g/mol. The predicted octanol–water partition coefficient (Wildman–Crippen LogP) is 2.95. The Balaban J connectivity index is 2.00.